The SMILES string of the molecule is CC[C@@H]1C[C@@H]2C(c3ccc(N(C)C)cc3)=CC=C[C@@H]2C1[Si](C)(C)N1c2ccccc2Nc2ccccc21. The third-order valence-corrected chi connectivity index (χ3v) is 13.3. The predicted octanol–water partition coefficient (Wildman–Crippen LogP) is 8.84. The Kier molecular flexibility index (Phi) is 6.03. The van der Waals surface area contributed by atoms with Gasteiger partial charge in [0.25, 0.3) is 0 Å². The molecule has 2 aliphatic carbocycles. The molecule has 6 rings (SSSR count). The number of nitrogens with zero attached hydrogens (tertiary/aromatic N) is 2. The van der Waals surface area contributed by atoms with E-state index in [0.717, 1.165) is 5.92 Å². The van der Waals surface area contributed by atoms with Crippen molar-refractivity contribution in [2.75, 3.05) is 28.9 Å². The lowest BCUT2D eigenvalue weighted by atomic mass is 9.81. The summed E-state index contributed by atoms with van der Waals surface area (Å²) in [5.41, 5.74) is 9.98. The molecule has 1 heterocycles. The van der Waals surface area contributed by atoms with Crippen LogP contribution in [0.15, 0.2) is 91.0 Å². The summed E-state index contributed by atoms with van der Waals surface area (Å²) >= 11 is 0. The van der Waals surface area contributed by atoms with Crippen molar-refractivity contribution in [2.45, 2.75) is 38.4 Å². The van der Waals surface area contributed by atoms with Gasteiger partial charge in [-0.05, 0) is 77.3 Å². The molecular weight excluding hydrogens is 466 g/mol. The molecule has 4 heteroatoms. The number of hydrogen-bond donors (Lipinski definition) is 1. The van der Waals surface area contributed by atoms with E-state index in [4.69, 9.17) is 0 Å². The molecule has 0 aromatic heterocycles. The van der Waals surface area contributed by atoms with Crippen molar-refractivity contribution in [3.8, 4) is 0 Å². The number of nitrogens with one attached hydrogen (secondary N) is 1. The van der Waals surface area contributed by atoms with Crippen LogP contribution in [0.3, 0.4) is 0 Å². The summed E-state index contributed by atoms with van der Waals surface area (Å²) < 4.78 is 2.78. The van der Waals surface area contributed by atoms with E-state index in [9.17, 15) is 0 Å². The molecule has 1 fully saturated rings. The number of anilines is 5. The highest BCUT2D eigenvalue weighted by Gasteiger charge is 2.54. The first-order valence-electron chi connectivity index (χ1n) is 13.8. The second-order valence-corrected chi connectivity index (χ2v) is 16.1. The standard InChI is InChI=1S/C33H39N3Si/c1-6-23-22-28-26(24-18-20-25(21-19-24)35(2)3)12-11-13-27(28)33(23)37(4,5)36-31-16-9-7-14-29(31)34-30-15-8-10-17-32(30)36/h7-21,23,27-28,33-34H,6,22H2,1-5H3/t23-,27+,28-,33?/m1/s1. The Morgan fingerprint density at radius 1 is 0.892 bits per heavy atom. The van der Waals surface area contributed by atoms with Crippen LogP contribution in [0.1, 0.15) is 25.3 Å². The van der Waals surface area contributed by atoms with E-state index in [-0.39, 0.29) is 0 Å². The minimum atomic E-state index is -2.01. The molecule has 37 heavy (non-hydrogen) atoms. The van der Waals surface area contributed by atoms with E-state index in [0.29, 0.717) is 17.4 Å². The summed E-state index contributed by atoms with van der Waals surface area (Å²) in [5.74, 6) is 1.89. The Balaban J connectivity index is 1.40. The molecule has 1 unspecified atom stereocenters. The number of hydrogen-bond acceptors (Lipinski definition) is 3. The zero-order valence-corrected chi connectivity index (χ0v) is 23.8. The molecule has 3 aromatic carbocycles. The zero-order chi connectivity index (χ0) is 25.7. The third kappa shape index (κ3) is 3.93. The van der Waals surface area contributed by atoms with E-state index < -0.39 is 8.24 Å². The molecule has 1 aliphatic heterocycles. The van der Waals surface area contributed by atoms with Crippen molar-refractivity contribution >= 4 is 42.2 Å². The predicted molar refractivity (Wildman–Crippen MR) is 163 cm³/mol. The van der Waals surface area contributed by atoms with Gasteiger partial charge in [0.05, 0.1) is 22.7 Å². The molecule has 1 N–H and O–H groups in total. The van der Waals surface area contributed by atoms with Crippen molar-refractivity contribution in [3.63, 3.8) is 0 Å². The zero-order valence-electron chi connectivity index (χ0n) is 22.8. The Hall–Kier alpha value is -3.24. The number of rotatable bonds is 5. The lowest BCUT2D eigenvalue weighted by Crippen LogP contribution is -2.53. The van der Waals surface area contributed by atoms with Crippen LogP contribution in [0, 0.1) is 17.8 Å². The topological polar surface area (TPSA) is 18.5 Å². The number of allylic oxidation sites excluding steroid dienone is 4. The van der Waals surface area contributed by atoms with Crippen LogP contribution in [0.5, 0.6) is 0 Å². The average molecular weight is 506 g/mol. The minimum Gasteiger partial charge on any atom is -0.378 e. The molecule has 0 radical (unpaired) electrons. The van der Waals surface area contributed by atoms with E-state index >= 15 is 0 Å². The Morgan fingerprint density at radius 3 is 2.11 bits per heavy atom. The third-order valence-electron chi connectivity index (χ3n) is 9.15. The number of fused-ring (bicyclic) bond motifs is 3. The van der Waals surface area contributed by atoms with E-state index in [1.165, 1.54) is 52.4 Å². The van der Waals surface area contributed by atoms with Gasteiger partial charge in [-0.25, -0.2) is 0 Å². The van der Waals surface area contributed by atoms with Crippen molar-refractivity contribution in [1.82, 2.24) is 0 Å². The molecule has 3 nitrogen and oxygen atoms in total. The van der Waals surface area contributed by atoms with Gasteiger partial charge in [-0.3, -0.25) is 0 Å². The molecular formula is C33H39N3Si. The molecule has 190 valence electrons. The minimum absolute atomic E-state index is 0.578. The first-order chi connectivity index (χ1) is 17.9. The quantitative estimate of drug-likeness (QED) is 0.349. The first kappa shape index (κ1) is 24.1. The first-order valence-corrected chi connectivity index (χ1v) is 16.8. The second kappa shape index (κ2) is 9.25. The highest BCUT2D eigenvalue weighted by atomic mass is 28.3. The molecule has 0 spiro atoms. The molecule has 0 saturated heterocycles. The van der Waals surface area contributed by atoms with Crippen LogP contribution in [0.25, 0.3) is 5.57 Å². The van der Waals surface area contributed by atoms with Crippen LogP contribution < -0.4 is 14.8 Å². The molecule has 3 aliphatic rings. The van der Waals surface area contributed by atoms with E-state index in [2.05, 4.69) is 140 Å². The fourth-order valence-electron chi connectivity index (χ4n) is 7.52. The van der Waals surface area contributed by atoms with Gasteiger partial charge in [0.2, 0.25) is 0 Å². The second-order valence-electron chi connectivity index (χ2n) is 11.7. The molecule has 4 atom stereocenters. The Labute approximate surface area is 223 Å². The lowest BCUT2D eigenvalue weighted by molar-refractivity contribution is 0.499. The normalized spacial score (nSPS) is 24.0. The monoisotopic (exact) mass is 505 g/mol. The van der Waals surface area contributed by atoms with Crippen LogP contribution in [-0.2, 0) is 0 Å². The van der Waals surface area contributed by atoms with Gasteiger partial charge in [-0.2, -0.15) is 0 Å². The summed E-state index contributed by atoms with van der Waals surface area (Å²) in [4.78, 5) is 2.18. The highest BCUT2D eigenvalue weighted by Crippen LogP contribution is 2.60. The smallest absolute Gasteiger partial charge is 0.160 e. The highest BCUT2D eigenvalue weighted by molar-refractivity contribution is 6.84. The molecule has 0 amide bonds. The van der Waals surface area contributed by atoms with Crippen LogP contribution >= 0.6 is 0 Å². The fourth-order valence-corrected chi connectivity index (χ4v) is 12.3. The summed E-state index contributed by atoms with van der Waals surface area (Å²) in [6, 6.07) is 27.0. The Bertz CT molecular complexity index is 1310. The van der Waals surface area contributed by atoms with Gasteiger partial charge in [0, 0.05) is 19.8 Å². The maximum absolute atomic E-state index is 3.71. The largest absolute Gasteiger partial charge is 0.378 e. The van der Waals surface area contributed by atoms with Crippen molar-refractivity contribution in [3.05, 3.63) is 96.6 Å². The summed E-state index contributed by atoms with van der Waals surface area (Å²) in [7, 11) is 2.21. The lowest BCUT2D eigenvalue weighted by Gasteiger charge is -2.49. The summed E-state index contributed by atoms with van der Waals surface area (Å²) in [5, 5.41) is 3.71. The molecule has 0 bridgehead atoms. The number of para-hydroxylation sites is 4. The van der Waals surface area contributed by atoms with E-state index in [1.807, 2.05) is 0 Å². The summed E-state index contributed by atoms with van der Waals surface area (Å²) in [6.45, 7) is 7.66. The molecule has 1 saturated carbocycles. The Morgan fingerprint density at radius 2 is 1.51 bits per heavy atom. The average Bonchev–Trinajstić information content (AvgIpc) is 3.31. The van der Waals surface area contributed by atoms with Gasteiger partial charge in [0.15, 0.2) is 8.24 Å². The van der Waals surface area contributed by atoms with Gasteiger partial charge in [-0.1, -0.05) is 81.1 Å². The van der Waals surface area contributed by atoms with Crippen LogP contribution in [0.2, 0.25) is 18.6 Å². The van der Waals surface area contributed by atoms with E-state index in [1.54, 1.807) is 0 Å². The van der Waals surface area contributed by atoms with Crippen molar-refractivity contribution in [2.24, 2.45) is 17.8 Å². The number of benzene rings is 3. The maximum Gasteiger partial charge on any atom is 0.160 e. The van der Waals surface area contributed by atoms with Gasteiger partial charge >= 0.3 is 0 Å². The van der Waals surface area contributed by atoms with Gasteiger partial charge in [0.1, 0.15) is 0 Å². The molecule has 3 aromatic rings. The van der Waals surface area contributed by atoms with Crippen molar-refractivity contribution in [1.29, 1.82) is 0 Å². The van der Waals surface area contributed by atoms with Crippen LogP contribution in [-0.4, -0.2) is 22.3 Å². The van der Waals surface area contributed by atoms with Crippen molar-refractivity contribution < 1.29 is 0 Å². The summed E-state index contributed by atoms with van der Waals surface area (Å²) in [6.07, 6.45) is 9.82. The fraction of sp³-hybridized carbons (Fsp3) is 0.333. The van der Waals surface area contributed by atoms with Gasteiger partial charge < -0.3 is 14.8 Å². The maximum atomic E-state index is 3.71. The van der Waals surface area contributed by atoms with Gasteiger partial charge in [-0.15, -0.1) is 0 Å². The van der Waals surface area contributed by atoms with Crippen LogP contribution in [0.4, 0.5) is 28.4 Å².